The smallest absolute Gasteiger partial charge is 0.299 e. The number of nitrogens with zero attached hydrogens (tertiary/aromatic N) is 1. The van der Waals surface area contributed by atoms with Crippen LogP contribution in [0.25, 0.3) is 10.9 Å². The summed E-state index contributed by atoms with van der Waals surface area (Å²) < 4.78 is 37.4. The number of nitrogens with one attached hydrogen (secondary N) is 1. The first kappa shape index (κ1) is 11.1. The molecule has 1 N–H and O–H groups in total. The lowest BCUT2D eigenvalue weighted by atomic mass is 10.1. The van der Waals surface area contributed by atoms with E-state index in [-0.39, 0.29) is 15.5 Å². The van der Waals surface area contributed by atoms with Crippen LogP contribution in [0.1, 0.15) is 5.56 Å². The Morgan fingerprint density at radius 1 is 1.31 bits per heavy atom. The maximum Gasteiger partial charge on any atom is 0.416 e. The van der Waals surface area contributed by atoms with Crippen molar-refractivity contribution in [1.29, 1.82) is 0 Å². The van der Waals surface area contributed by atoms with Gasteiger partial charge in [-0.15, -0.1) is 0 Å². The molecule has 1 aromatic heterocycles. The molecule has 0 radical (unpaired) electrons. The molecule has 2 aromatic rings. The molecule has 16 heavy (non-hydrogen) atoms. The third-order valence-corrected chi connectivity index (χ3v) is 2.62. The minimum absolute atomic E-state index is 0.189. The second-order valence-corrected chi connectivity index (χ2v) is 3.88. The highest BCUT2D eigenvalue weighted by molar-refractivity contribution is 9.10. The fourth-order valence-electron chi connectivity index (χ4n) is 1.28. The molecule has 3 nitrogen and oxygen atoms in total. The average Bonchev–Trinajstić information content (AvgIpc) is 2.15. The number of hydrogen-bond donors (Lipinski definition) is 1. The molecular weight excluding hydrogens is 289 g/mol. The van der Waals surface area contributed by atoms with E-state index < -0.39 is 17.4 Å². The highest BCUT2D eigenvalue weighted by Crippen LogP contribution is 2.32. The summed E-state index contributed by atoms with van der Waals surface area (Å²) in [5.41, 5.74) is -1.18. The van der Waals surface area contributed by atoms with Crippen LogP contribution in [0.15, 0.2) is 27.6 Å². The van der Waals surface area contributed by atoms with E-state index in [1.165, 1.54) is 0 Å². The van der Waals surface area contributed by atoms with E-state index in [0.29, 0.717) is 0 Å². The summed E-state index contributed by atoms with van der Waals surface area (Å²) in [6.07, 6.45) is -4.41. The Bertz CT molecular complexity index is 606. The number of aromatic nitrogens is 2. The van der Waals surface area contributed by atoms with E-state index in [9.17, 15) is 18.0 Å². The Kier molecular flexibility index (Phi) is 2.49. The van der Waals surface area contributed by atoms with Gasteiger partial charge in [-0.05, 0) is 34.1 Å². The number of H-pyrrole nitrogens is 1. The molecule has 2 rings (SSSR count). The number of alkyl halides is 3. The van der Waals surface area contributed by atoms with Crippen LogP contribution in [0.2, 0.25) is 0 Å². The van der Waals surface area contributed by atoms with Gasteiger partial charge in [0.1, 0.15) is 0 Å². The van der Waals surface area contributed by atoms with Gasteiger partial charge in [-0.1, -0.05) is 0 Å². The van der Waals surface area contributed by atoms with E-state index in [2.05, 4.69) is 25.9 Å². The molecule has 0 saturated heterocycles. The molecule has 7 heteroatoms. The van der Waals surface area contributed by atoms with Gasteiger partial charge in [-0.25, -0.2) is 4.79 Å². The van der Waals surface area contributed by atoms with Crippen molar-refractivity contribution < 1.29 is 13.2 Å². The van der Waals surface area contributed by atoms with E-state index in [1.807, 2.05) is 0 Å². The van der Waals surface area contributed by atoms with Gasteiger partial charge in [0.25, 0.3) is 0 Å². The molecule has 0 aliphatic heterocycles. The maximum absolute atomic E-state index is 12.4. The summed E-state index contributed by atoms with van der Waals surface area (Å²) in [5, 5.41) is 0.217. The van der Waals surface area contributed by atoms with Gasteiger partial charge < -0.3 is 0 Å². The maximum atomic E-state index is 12.4. The van der Waals surface area contributed by atoms with Crippen molar-refractivity contribution in [3.63, 3.8) is 0 Å². The van der Waals surface area contributed by atoms with Crippen molar-refractivity contribution in [2.24, 2.45) is 0 Å². The second-order valence-electron chi connectivity index (χ2n) is 3.09. The summed E-state index contributed by atoms with van der Waals surface area (Å²) in [6.45, 7) is 0. The Labute approximate surface area is 95.4 Å². The average molecular weight is 293 g/mol. The lowest BCUT2D eigenvalue weighted by Crippen LogP contribution is -2.11. The van der Waals surface area contributed by atoms with Crippen molar-refractivity contribution in [2.75, 3.05) is 0 Å². The molecule has 0 saturated carbocycles. The fraction of sp³-hybridized carbons (Fsp3) is 0.111. The zero-order chi connectivity index (χ0) is 11.9. The van der Waals surface area contributed by atoms with Crippen LogP contribution in [0.3, 0.4) is 0 Å². The molecule has 0 atom stereocenters. The third kappa shape index (κ3) is 1.95. The fourth-order valence-corrected chi connectivity index (χ4v) is 1.77. The van der Waals surface area contributed by atoms with E-state index in [4.69, 9.17) is 0 Å². The van der Waals surface area contributed by atoms with Crippen molar-refractivity contribution >= 4 is 26.8 Å². The van der Waals surface area contributed by atoms with E-state index >= 15 is 0 Å². The predicted octanol–water partition coefficient (Wildman–Crippen LogP) is 2.70. The number of aromatic amines is 1. The topological polar surface area (TPSA) is 45.8 Å². The molecule has 0 spiro atoms. The summed E-state index contributed by atoms with van der Waals surface area (Å²) in [4.78, 5) is 16.8. The van der Waals surface area contributed by atoms with Gasteiger partial charge in [-0.2, -0.15) is 18.2 Å². The largest absolute Gasteiger partial charge is 0.416 e. The zero-order valence-corrected chi connectivity index (χ0v) is 9.19. The van der Waals surface area contributed by atoms with Crippen LogP contribution in [0.5, 0.6) is 0 Å². The monoisotopic (exact) mass is 292 g/mol. The number of benzene rings is 1. The molecule has 0 amide bonds. The van der Waals surface area contributed by atoms with Crippen molar-refractivity contribution in [2.45, 2.75) is 6.18 Å². The summed E-state index contributed by atoms with van der Waals surface area (Å²) in [5.74, 6) is 0. The normalized spacial score (nSPS) is 12.0. The predicted molar refractivity (Wildman–Crippen MR) is 55.1 cm³/mol. The van der Waals surface area contributed by atoms with Crippen LogP contribution in [0, 0.1) is 0 Å². The van der Waals surface area contributed by atoms with Crippen molar-refractivity contribution in [1.82, 2.24) is 9.97 Å². The molecule has 1 heterocycles. The molecular formula is C9H4BrF3N2O. The van der Waals surface area contributed by atoms with Crippen LogP contribution in [-0.4, -0.2) is 9.97 Å². The second kappa shape index (κ2) is 3.58. The Hall–Kier alpha value is -1.37. The molecule has 0 aliphatic carbocycles. The molecule has 0 unspecified atom stereocenters. The lowest BCUT2D eigenvalue weighted by molar-refractivity contribution is -0.137. The van der Waals surface area contributed by atoms with Crippen LogP contribution < -0.4 is 5.69 Å². The van der Waals surface area contributed by atoms with Crippen LogP contribution >= 0.6 is 15.9 Å². The molecule has 0 aliphatic rings. The molecule has 0 fully saturated rings. The standard InChI is InChI=1S/C9H4BrF3N2O/c10-7-5-3-4(9(11,12)13)1-2-6(5)14-8(16)15-7/h1-3H,(H,14,15,16). The summed E-state index contributed by atoms with van der Waals surface area (Å²) in [7, 11) is 0. The lowest BCUT2D eigenvalue weighted by Gasteiger charge is -2.07. The number of hydrogen-bond acceptors (Lipinski definition) is 2. The van der Waals surface area contributed by atoms with Crippen molar-refractivity contribution in [3.05, 3.63) is 38.9 Å². The zero-order valence-electron chi connectivity index (χ0n) is 7.60. The minimum Gasteiger partial charge on any atom is -0.299 e. The number of halogens is 4. The van der Waals surface area contributed by atoms with Gasteiger partial charge in [0.05, 0.1) is 15.7 Å². The van der Waals surface area contributed by atoms with Crippen LogP contribution in [-0.2, 0) is 6.18 Å². The minimum atomic E-state index is -4.41. The van der Waals surface area contributed by atoms with Crippen molar-refractivity contribution in [3.8, 4) is 0 Å². The first-order valence-electron chi connectivity index (χ1n) is 4.15. The van der Waals surface area contributed by atoms with Gasteiger partial charge in [0.2, 0.25) is 0 Å². The van der Waals surface area contributed by atoms with Gasteiger partial charge in [0, 0.05) is 5.39 Å². The SMILES string of the molecule is O=c1nc2ccc(C(F)(F)F)cc2c(Br)[nH]1. The quantitative estimate of drug-likeness (QED) is 0.759. The Morgan fingerprint density at radius 2 is 2.00 bits per heavy atom. The molecule has 1 aromatic carbocycles. The molecule has 84 valence electrons. The molecule has 0 bridgehead atoms. The first-order chi connectivity index (χ1) is 7.38. The number of rotatable bonds is 0. The summed E-state index contributed by atoms with van der Waals surface area (Å²) in [6, 6.07) is 2.99. The van der Waals surface area contributed by atoms with Gasteiger partial charge in [-0.3, -0.25) is 4.98 Å². The van der Waals surface area contributed by atoms with Crippen LogP contribution in [0.4, 0.5) is 13.2 Å². The van der Waals surface area contributed by atoms with Gasteiger partial charge in [0.15, 0.2) is 0 Å². The van der Waals surface area contributed by atoms with E-state index in [0.717, 1.165) is 18.2 Å². The highest BCUT2D eigenvalue weighted by Gasteiger charge is 2.30. The highest BCUT2D eigenvalue weighted by atomic mass is 79.9. The number of fused-ring (bicyclic) bond motifs is 1. The first-order valence-corrected chi connectivity index (χ1v) is 4.94. The Balaban J connectivity index is 2.76. The van der Waals surface area contributed by atoms with Gasteiger partial charge >= 0.3 is 11.9 Å². The Morgan fingerprint density at radius 3 is 2.62 bits per heavy atom. The van der Waals surface area contributed by atoms with E-state index in [1.54, 1.807) is 0 Å². The third-order valence-electron chi connectivity index (χ3n) is 2.00. The summed E-state index contributed by atoms with van der Waals surface area (Å²) >= 11 is 2.99.